The molecule has 0 amide bonds. The van der Waals surface area contributed by atoms with Crippen molar-refractivity contribution in [2.24, 2.45) is 0 Å². The van der Waals surface area contributed by atoms with Crippen LogP contribution in [-0.2, 0) is 6.54 Å². The van der Waals surface area contributed by atoms with E-state index in [4.69, 9.17) is 11.6 Å². The fourth-order valence-corrected chi connectivity index (χ4v) is 2.38. The molecule has 90 valence electrons. The molecular formula is C12H13ClN2OS. The zero-order chi connectivity index (χ0) is 12.3. The van der Waals surface area contributed by atoms with Crippen LogP contribution in [0.2, 0.25) is 4.47 Å². The lowest BCUT2D eigenvalue weighted by molar-refractivity contribution is 0.199. The molecule has 0 fully saturated rings. The van der Waals surface area contributed by atoms with Gasteiger partial charge in [0.1, 0.15) is 0 Å². The van der Waals surface area contributed by atoms with E-state index in [0.29, 0.717) is 11.0 Å². The van der Waals surface area contributed by atoms with Crippen LogP contribution in [0.1, 0.15) is 23.5 Å². The van der Waals surface area contributed by atoms with Crippen molar-refractivity contribution in [3.05, 3.63) is 45.4 Å². The second kappa shape index (κ2) is 5.49. The van der Waals surface area contributed by atoms with E-state index in [1.165, 1.54) is 11.3 Å². The average molecular weight is 269 g/mol. The monoisotopic (exact) mass is 268 g/mol. The number of thiazole rings is 1. The first-order valence-corrected chi connectivity index (χ1v) is 6.46. The first-order chi connectivity index (χ1) is 8.15. The molecule has 3 nitrogen and oxygen atoms in total. The van der Waals surface area contributed by atoms with Crippen molar-refractivity contribution in [2.45, 2.75) is 19.6 Å². The second-order valence-corrected chi connectivity index (χ2v) is 5.43. The smallest absolute Gasteiger partial charge is 0.183 e. The third kappa shape index (κ3) is 3.43. The molecule has 1 unspecified atom stereocenters. The summed E-state index contributed by atoms with van der Waals surface area (Å²) in [5, 5.41) is 12.8. The zero-order valence-electron chi connectivity index (χ0n) is 9.35. The Morgan fingerprint density at radius 1 is 1.53 bits per heavy atom. The van der Waals surface area contributed by atoms with E-state index in [-0.39, 0.29) is 0 Å². The molecule has 2 aromatic rings. The Balaban J connectivity index is 2.01. The Labute approximate surface area is 109 Å². The van der Waals surface area contributed by atoms with E-state index in [1.807, 2.05) is 24.3 Å². The lowest BCUT2D eigenvalue weighted by atomic mass is 10.1. The van der Waals surface area contributed by atoms with Crippen molar-refractivity contribution < 1.29 is 5.11 Å². The molecule has 1 aromatic carbocycles. The summed E-state index contributed by atoms with van der Waals surface area (Å²) in [5.74, 6) is 0. The van der Waals surface area contributed by atoms with E-state index in [0.717, 1.165) is 16.1 Å². The van der Waals surface area contributed by atoms with Gasteiger partial charge in [-0.25, -0.2) is 4.98 Å². The van der Waals surface area contributed by atoms with Gasteiger partial charge in [0.2, 0.25) is 0 Å². The number of nitrogens with one attached hydrogen (secondary N) is 1. The molecule has 0 aliphatic heterocycles. The number of aliphatic hydroxyl groups is 1. The zero-order valence-corrected chi connectivity index (χ0v) is 10.9. The molecule has 0 saturated heterocycles. The predicted octanol–water partition coefficient (Wildman–Crippen LogP) is 3.46. The fraction of sp³-hybridized carbons (Fsp3) is 0.250. The minimum absolute atomic E-state index is 0.449. The van der Waals surface area contributed by atoms with Crippen LogP contribution in [0, 0.1) is 0 Å². The summed E-state index contributed by atoms with van der Waals surface area (Å²) in [5.41, 5.74) is 1.88. The number of aromatic nitrogens is 1. The second-order valence-electron chi connectivity index (χ2n) is 3.73. The number of aliphatic hydroxyl groups excluding tert-OH is 1. The molecule has 0 aliphatic rings. The summed E-state index contributed by atoms with van der Waals surface area (Å²) in [4.78, 5) is 5.06. The summed E-state index contributed by atoms with van der Waals surface area (Å²) in [7, 11) is 0. The fourth-order valence-electron chi connectivity index (χ4n) is 1.46. The molecule has 0 aliphatic carbocycles. The molecule has 1 heterocycles. The summed E-state index contributed by atoms with van der Waals surface area (Å²) in [6, 6.07) is 7.73. The van der Waals surface area contributed by atoms with Gasteiger partial charge < -0.3 is 10.4 Å². The van der Waals surface area contributed by atoms with Crippen molar-refractivity contribution >= 4 is 28.6 Å². The van der Waals surface area contributed by atoms with E-state index in [2.05, 4.69) is 10.3 Å². The van der Waals surface area contributed by atoms with E-state index in [1.54, 1.807) is 13.1 Å². The molecule has 0 bridgehead atoms. The predicted molar refractivity (Wildman–Crippen MR) is 71.5 cm³/mol. The van der Waals surface area contributed by atoms with Gasteiger partial charge in [0.25, 0.3) is 0 Å². The molecule has 17 heavy (non-hydrogen) atoms. The largest absolute Gasteiger partial charge is 0.389 e. The molecule has 1 atom stereocenters. The first-order valence-electron chi connectivity index (χ1n) is 5.27. The summed E-state index contributed by atoms with van der Waals surface area (Å²) in [6.45, 7) is 2.44. The van der Waals surface area contributed by atoms with Crippen LogP contribution < -0.4 is 5.32 Å². The lowest BCUT2D eigenvalue weighted by Gasteiger charge is -2.08. The highest BCUT2D eigenvalue weighted by Crippen LogP contribution is 2.20. The van der Waals surface area contributed by atoms with Gasteiger partial charge in [-0.3, -0.25) is 0 Å². The highest BCUT2D eigenvalue weighted by molar-refractivity contribution is 7.15. The quantitative estimate of drug-likeness (QED) is 0.893. The van der Waals surface area contributed by atoms with Crippen LogP contribution in [0.5, 0.6) is 0 Å². The summed E-state index contributed by atoms with van der Waals surface area (Å²) >= 11 is 7.22. The van der Waals surface area contributed by atoms with Gasteiger partial charge in [0.05, 0.1) is 12.6 Å². The SMILES string of the molecule is CC(O)c1cccc(NCc2cnc(Cl)s2)c1. The van der Waals surface area contributed by atoms with Crippen molar-refractivity contribution in [3.8, 4) is 0 Å². The Morgan fingerprint density at radius 3 is 3.00 bits per heavy atom. The maximum absolute atomic E-state index is 9.48. The van der Waals surface area contributed by atoms with Crippen molar-refractivity contribution in [2.75, 3.05) is 5.32 Å². The van der Waals surface area contributed by atoms with Gasteiger partial charge in [-0.1, -0.05) is 23.7 Å². The number of benzene rings is 1. The molecule has 1 aromatic heterocycles. The Morgan fingerprint density at radius 2 is 2.35 bits per heavy atom. The normalized spacial score (nSPS) is 12.4. The molecule has 0 spiro atoms. The maximum Gasteiger partial charge on any atom is 0.183 e. The van der Waals surface area contributed by atoms with Crippen LogP contribution in [0.15, 0.2) is 30.5 Å². The average Bonchev–Trinajstić information content (AvgIpc) is 2.73. The Hall–Kier alpha value is -1.10. The highest BCUT2D eigenvalue weighted by Gasteiger charge is 2.02. The molecule has 2 N–H and O–H groups in total. The minimum Gasteiger partial charge on any atom is -0.389 e. The summed E-state index contributed by atoms with van der Waals surface area (Å²) in [6.07, 6.45) is 1.31. The Kier molecular flexibility index (Phi) is 3.99. The standard InChI is InChI=1S/C12H13ClN2OS/c1-8(16)9-3-2-4-10(5-9)14-6-11-7-15-12(13)17-11/h2-5,7-8,14,16H,6H2,1H3. The summed E-state index contributed by atoms with van der Waals surface area (Å²) < 4.78 is 0.555. The lowest BCUT2D eigenvalue weighted by Crippen LogP contribution is -1.99. The number of nitrogens with zero attached hydrogens (tertiary/aromatic N) is 1. The van der Waals surface area contributed by atoms with Crippen molar-refractivity contribution in [1.82, 2.24) is 4.98 Å². The van der Waals surface area contributed by atoms with Gasteiger partial charge >= 0.3 is 0 Å². The molecule has 0 radical (unpaired) electrons. The van der Waals surface area contributed by atoms with Gasteiger partial charge in [-0.2, -0.15) is 0 Å². The number of halogens is 1. The first kappa shape index (κ1) is 12.4. The van der Waals surface area contributed by atoms with Gasteiger partial charge in [-0.05, 0) is 24.6 Å². The Bertz CT molecular complexity index is 499. The minimum atomic E-state index is -0.449. The van der Waals surface area contributed by atoms with Crippen LogP contribution >= 0.6 is 22.9 Å². The van der Waals surface area contributed by atoms with E-state index in [9.17, 15) is 5.11 Å². The van der Waals surface area contributed by atoms with Crippen LogP contribution in [-0.4, -0.2) is 10.1 Å². The highest BCUT2D eigenvalue weighted by atomic mass is 35.5. The maximum atomic E-state index is 9.48. The van der Waals surface area contributed by atoms with Gasteiger partial charge in [0, 0.05) is 16.8 Å². The van der Waals surface area contributed by atoms with Crippen molar-refractivity contribution in [1.29, 1.82) is 0 Å². The molecular weight excluding hydrogens is 256 g/mol. The van der Waals surface area contributed by atoms with Crippen LogP contribution in [0.3, 0.4) is 0 Å². The topological polar surface area (TPSA) is 45.1 Å². The van der Waals surface area contributed by atoms with E-state index >= 15 is 0 Å². The van der Waals surface area contributed by atoms with E-state index < -0.39 is 6.10 Å². The number of hydrogen-bond acceptors (Lipinski definition) is 4. The molecule has 5 heteroatoms. The van der Waals surface area contributed by atoms with Gasteiger partial charge in [0.15, 0.2) is 4.47 Å². The van der Waals surface area contributed by atoms with Crippen molar-refractivity contribution in [3.63, 3.8) is 0 Å². The molecule has 2 rings (SSSR count). The molecule has 0 saturated carbocycles. The number of anilines is 1. The van der Waals surface area contributed by atoms with Crippen LogP contribution in [0.4, 0.5) is 5.69 Å². The van der Waals surface area contributed by atoms with Crippen LogP contribution in [0.25, 0.3) is 0 Å². The van der Waals surface area contributed by atoms with Gasteiger partial charge in [-0.15, -0.1) is 11.3 Å². The third-order valence-electron chi connectivity index (χ3n) is 2.36. The third-order valence-corrected chi connectivity index (χ3v) is 3.48. The number of rotatable bonds is 4. The number of hydrogen-bond donors (Lipinski definition) is 2.